The number of anilines is 1. The molecular weight excluding hydrogens is 202 g/mol. The van der Waals surface area contributed by atoms with Crippen molar-refractivity contribution < 1.29 is 0 Å². The van der Waals surface area contributed by atoms with Crippen LogP contribution >= 0.6 is 0 Å². The molecular formula is C11H15N5. The first-order chi connectivity index (χ1) is 7.86. The van der Waals surface area contributed by atoms with Gasteiger partial charge in [-0.2, -0.15) is 14.6 Å². The predicted molar refractivity (Wildman–Crippen MR) is 61.4 cm³/mol. The molecule has 0 atom stereocenters. The van der Waals surface area contributed by atoms with Crippen molar-refractivity contribution in [1.29, 1.82) is 0 Å². The van der Waals surface area contributed by atoms with Gasteiger partial charge in [0.25, 0.3) is 5.78 Å². The maximum Gasteiger partial charge on any atom is 0.254 e. The van der Waals surface area contributed by atoms with Crippen molar-refractivity contribution in [2.24, 2.45) is 5.92 Å². The average Bonchev–Trinajstić information content (AvgIpc) is 3.02. The molecule has 5 nitrogen and oxygen atoms in total. The topological polar surface area (TPSA) is 55.1 Å². The summed E-state index contributed by atoms with van der Waals surface area (Å²) >= 11 is 0. The standard InChI is InChI=1S/C11H15N5/c1-2-9-5-10(12-6-8-3-4-8)16-11(15-9)13-7-14-16/h5,7-8,12H,2-4,6H2,1H3. The molecule has 84 valence electrons. The van der Waals surface area contributed by atoms with E-state index in [0.717, 1.165) is 30.4 Å². The lowest BCUT2D eigenvalue weighted by molar-refractivity contribution is 0.849. The number of hydrogen-bond donors (Lipinski definition) is 1. The van der Waals surface area contributed by atoms with Crippen LogP contribution in [0.15, 0.2) is 12.4 Å². The summed E-state index contributed by atoms with van der Waals surface area (Å²) in [5, 5.41) is 7.60. The summed E-state index contributed by atoms with van der Waals surface area (Å²) < 4.78 is 1.77. The molecule has 0 spiro atoms. The summed E-state index contributed by atoms with van der Waals surface area (Å²) in [5.41, 5.74) is 1.05. The second kappa shape index (κ2) is 3.73. The van der Waals surface area contributed by atoms with Crippen molar-refractivity contribution in [3.63, 3.8) is 0 Å². The Hall–Kier alpha value is -1.65. The van der Waals surface area contributed by atoms with Crippen molar-refractivity contribution in [3.8, 4) is 0 Å². The normalized spacial score (nSPS) is 15.6. The lowest BCUT2D eigenvalue weighted by Gasteiger charge is -2.08. The smallest absolute Gasteiger partial charge is 0.254 e. The zero-order valence-electron chi connectivity index (χ0n) is 9.35. The van der Waals surface area contributed by atoms with Crippen LogP contribution in [0.3, 0.4) is 0 Å². The molecule has 3 rings (SSSR count). The molecule has 1 fully saturated rings. The fourth-order valence-corrected chi connectivity index (χ4v) is 1.74. The SMILES string of the molecule is CCc1cc(NCC2CC2)n2ncnc2n1. The van der Waals surface area contributed by atoms with E-state index in [4.69, 9.17) is 0 Å². The molecule has 2 aromatic rings. The van der Waals surface area contributed by atoms with Crippen molar-refractivity contribution in [2.45, 2.75) is 26.2 Å². The molecule has 1 aliphatic carbocycles. The van der Waals surface area contributed by atoms with Gasteiger partial charge in [-0.15, -0.1) is 0 Å². The average molecular weight is 217 g/mol. The molecule has 0 aromatic carbocycles. The zero-order chi connectivity index (χ0) is 11.0. The van der Waals surface area contributed by atoms with E-state index in [2.05, 4.69) is 33.4 Å². The molecule has 2 heterocycles. The minimum Gasteiger partial charge on any atom is -0.370 e. The predicted octanol–water partition coefficient (Wildman–Crippen LogP) is 1.51. The Morgan fingerprint density at radius 3 is 3.12 bits per heavy atom. The summed E-state index contributed by atoms with van der Waals surface area (Å²) in [4.78, 5) is 8.54. The van der Waals surface area contributed by atoms with Crippen molar-refractivity contribution in [1.82, 2.24) is 19.6 Å². The first kappa shape index (κ1) is 9.57. The van der Waals surface area contributed by atoms with Crippen LogP contribution in [0.25, 0.3) is 5.78 Å². The molecule has 0 aliphatic heterocycles. The molecule has 0 radical (unpaired) electrons. The van der Waals surface area contributed by atoms with Crippen LogP contribution in [0.4, 0.5) is 5.82 Å². The van der Waals surface area contributed by atoms with E-state index >= 15 is 0 Å². The van der Waals surface area contributed by atoms with E-state index in [0.29, 0.717) is 5.78 Å². The Kier molecular flexibility index (Phi) is 2.23. The van der Waals surface area contributed by atoms with E-state index in [1.807, 2.05) is 0 Å². The molecule has 5 heteroatoms. The molecule has 1 N–H and O–H groups in total. The van der Waals surface area contributed by atoms with Crippen molar-refractivity contribution in [3.05, 3.63) is 18.1 Å². The van der Waals surface area contributed by atoms with Crippen LogP contribution in [0.2, 0.25) is 0 Å². The third kappa shape index (κ3) is 1.73. The molecule has 0 amide bonds. The molecule has 0 unspecified atom stereocenters. The largest absolute Gasteiger partial charge is 0.370 e. The van der Waals surface area contributed by atoms with Gasteiger partial charge in [0.1, 0.15) is 12.1 Å². The van der Waals surface area contributed by atoms with Gasteiger partial charge >= 0.3 is 0 Å². The minimum absolute atomic E-state index is 0.678. The summed E-state index contributed by atoms with van der Waals surface area (Å²) in [7, 11) is 0. The number of nitrogens with zero attached hydrogens (tertiary/aromatic N) is 4. The fourth-order valence-electron chi connectivity index (χ4n) is 1.74. The van der Waals surface area contributed by atoms with Gasteiger partial charge in [0.2, 0.25) is 0 Å². The quantitative estimate of drug-likeness (QED) is 0.843. The lowest BCUT2D eigenvalue weighted by atomic mass is 10.3. The highest BCUT2D eigenvalue weighted by Crippen LogP contribution is 2.28. The number of hydrogen-bond acceptors (Lipinski definition) is 4. The monoisotopic (exact) mass is 217 g/mol. The van der Waals surface area contributed by atoms with Crippen LogP contribution in [-0.4, -0.2) is 26.1 Å². The molecule has 16 heavy (non-hydrogen) atoms. The third-order valence-corrected chi connectivity index (χ3v) is 2.94. The summed E-state index contributed by atoms with van der Waals surface area (Å²) in [6.07, 6.45) is 5.16. The number of nitrogens with one attached hydrogen (secondary N) is 1. The van der Waals surface area contributed by atoms with Crippen LogP contribution in [0.1, 0.15) is 25.5 Å². The second-order valence-electron chi connectivity index (χ2n) is 4.28. The number of aromatic nitrogens is 4. The lowest BCUT2D eigenvalue weighted by Crippen LogP contribution is -2.09. The highest BCUT2D eigenvalue weighted by atomic mass is 15.3. The van der Waals surface area contributed by atoms with Gasteiger partial charge in [-0.25, -0.2) is 4.98 Å². The minimum atomic E-state index is 0.678. The molecule has 2 aromatic heterocycles. The van der Waals surface area contributed by atoms with Crippen molar-refractivity contribution >= 4 is 11.6 Å². The molecule has 1 aliphatic rings. The fraction of sp³-hybridized carbons (Fsp3) is 0.545. The van der Waals surface area contributed by atoms with Crippen LogP contribution in [-0.2, 0) is 6.42 Å². The van der Waals surface area contributed by atoms with Gasteiger partial charge in [-0.05, 0) is 25.2 Å². The van der Waals surface area contributed by atoms with Crippen molar-refractivity contribution in [2.75, 3.05) is 11.9 Å². The Balaban J connectivity index is 1.94. The maximum atomic E-state index is 4.41. The third-order valence-electron chi connectivity index (χ3n) is 2.94. The number of rotatable bonds is 4. The summed E-state index contributed by atoms with van der Waals surface area (Å²) in [5.74, 6) is 2.53. The number of aryl methyl sites for hydroxylation is 1. The number of fused-ring (bicyclic) bond motifs is 1. The Morgan fingerprint density at radius 2 is 2.38 bits per heavy atom. The van der Waals surface area contributed by atoms with E-state index in [1.54, 1.807) is 10.8 Å². The van der Waals surface area contributed by atoms with Crippen LogP contribution in [0.5, 0.6) is 0 Å². The van der Waals surface area contributed by atoms with E-state index in [-0.39, 0.29) is 0 Å². The second-order valence-corrected chi connectivity index (χ2v) is 4.28. The van der Waals surface area contributed by atoms with Crippen LogP contribution < -0.4 is 5.32 Å². The van der Waals surface area contributed by atoms with Gasteiger partial charge in [-0.3, -0.25) is 0 Å². The molecule has 0 saturated heterocycles. The van der Waals surface area contributed by atoms with Gasteiger partial charge in [-0.1, -0.05) is 6.92 Å². The Bertz CT molecular complexity index is 500. The van der Waals surface area contributed by atoms with E-state index in [1.165, 1.54) is 12.8 Å². The van der Waals surface area contributed by atoms with Gasteiger partial charge in [0.15, 0.2) is 0 Å². The van der Waals surface area contributed by atoms with Crippen LogP contribution in [0, 0.1) is 5.92 Å². The maximum absolute atomic E-state index is 4.41. The van der Waals surface area contributed by atoms with Gasteiger partial charge in [0, 0.05) is 18.3 Å². The summed E-state index contributed by atoms with van der Waals surface area (Å²) in [6, 6.07) is 2.06. The first-order valence-electron chi connectivity index (χ1n) is 5.80. The van der Waals surface area contributed by atoms with E-state index in [9.17, 15) is 0 Å². The van der Waals surface area contributed by atoms with Gasteiger partial charge < -0.3 is 5.32 Å². The highest BCUT2D eigenvalue weighted by molar-refractivity contribution is 5.45. The zero-order valence-corrected chi connectivity index (χ0v) is 9.35. The van der Waals surface area contributed by atoms with Gasteiger partial charge in [0.05, 0.1) is 0 Å². The molecule has 0 bridgehead atoms. The van der Waals surface area contributed by atoms with E-state index < -0.39 is 0 Å². The summed E-state index contributed by atoms with van der Waals surface area (Å²) in [6.45, 7) is 3.13. The highest BCUT2D eigenvalue weighted by Gasteiger charge is 2.21. The molecule has 1 saturated carbocycles. The Morgan fingerprint density at radius 1 is 1.50 bits per heavy atom. The Labute approximate surface area is 93.9 Å². The first-order valence-corrected chi connectivity index (χ1v) is 5.80.